The van der Waals surface area contributed by atoms with Crippen molar-refractivity contribution >= 4 is 23.5 Å². The molecule has 0 atom stereocenters. The fraction of sp³-hybridized carbons (Fsp3) is 0.636. The largest absolute Gasteiger partial charge is 0.444 e. The monoisotopic (exact) mass is 430 g/mol. The minimum atomic E-state index is -0.510. The number of rotatable bonds is 5. The lowest BCUT2D eigenvalue weighted by atomic mass is 10.0. The highest BCUT2D eigenvalue weighted by Crippen LogP contribution is 2.32. The van der Waals surface area contributed by atoms with Gasteiger partial charge in [0.1, 0.15) is 11.3 Å². The number of ether oxygens (including phenoxy) is 1. The minimum absolute atomic E-state index is 0.0906. The molecule has 9 heteroatoms. The van der Waals surface area contributed by atoms with Crippen molar-refractivity contribution in [2.45, 2.75) is 58.1 Å². The lowest BCUT2D eigenvalue weighted by Crippen LogP contribution is -2.46. The smallest absolute Gasteiger partial charge is 0.410 e. The number of hydrogen-bond donors (Lipinski definition) is 1. The Kier molecular flexibility index (Phi) is 6.71. The first kappa shape index (κ1) is 22.8. The molecule has 2 fully saturated rings. The molecule has 0 spiro atoms. The van der Waals surface area contributed by atoms with Crippen molar-refractivity contribution < 1.29 is 14.3 Å². The zero-order valence-corrected chi connectivity index (χ0v) is 19.2. The number of hydrogen-bond acceptors (Lipinski definition) is 7. The number of likely N-dealkylation sites (tertiary alicyclic amines) is 1. The van der Waals surface area contributed by atoms with Gasteiger partial charge in [-0.3, -0.25) is 9.69 Å². The fourth-order valence-corrected chi connectivity index (χ4v) is 3.67. The lowest BCUT2D eigenvalue weighted by Gasteiger charge is -2.38. The number of anilines is 1. The summed E-state index contributed by atoms with van der Waals surface area (Å²) in [6, 6.07) is 0.112. The van der Waals surface area contributed by atoms with E-state index in [1.54, 1.807) is 42.5 Å². The van der Waals surface area contributed by atoms with E-state index < -0.39 is 5.60 Å². The van der Waals surface area contributed by atoms with Crippen LogP contribution in [-0.4, -0.2) is 70.6 Å². The Hall–Kier alpha value is -2.84. The summed E-state index contributed by atoms with van der Waals surface area (Å²) in [5.41, 5.74) is 6.87. The van der Waals surface area contributed by atoms with E-state index in [1.807, 2.05) is 20.8 Å². The predicted molar refractivity (Wildman–Crippen MR) is 119 cm³/mol. The van der Waals surface area contributed by atoms with Gasteiger partial charge in [-0.05, 0) is 46.5 Å². The molecule has 0 radical (unpaired) electrons. The number of carbonyl (C=O) groups is 2. The number of amides is 2. The summed E-state index contributed by atoms with van der Waals surface area (Å²) < 4.78 is 5.48. The number of aromatic nitrogens is 2. The summed E-state index contributed by atoms with van der Waals surface area (Å²) in [5.74, 6) is 0.758. The summed E-state index contributed by atoms with van der Waals surface area (Å²) in [7, 11) is 3.52. The summed E-state index contributed by atoms with van der Waals surface area (Å²) in [5, 5.41) is 0. The molecule has 31 heavy (non-hydrogen) atoms. The van der Waals surface area contributed by atoms with E-state index >= 15 is 0 Å². The predicted octanol–water partition coefficient (Wildman–Crippen LogP) is 2.44. The fourth-order valence-electron chi connectivity index (χ4n) is 3.67. The van der Waals surface area contributed by atoms with Gasteiger partial charge in [-0.15, -0.1) is 0 Å². The van der Waals surface area contributed by atoms with Gasteiger partial charge < -0.3 is 20.3 Å². The maximum Gasteiger partial charge on any atom is 0.410 e. The highest BCUT2D eigenvalue weighted by atomic mass is 16.6. The van der Waals surface area contributed by atoms with Crippen LogP contribution in [0, 0.1) is 5.92 Å². The Labute approximate surface area is 184 Å². The maximum atomic E-state index is 12.3. The second kappa shape index (κ2) is 9.11. The number of piperidine rings is 1. The van der Waals surface area contributed by atoms with E-state index in [1.165, 1.54) is 0 Å². The molecule has 1 aliphatic carbocycles. The van der Waals surface area contributed by atoms with Gasteiger partial charge >= 0.3 is 6.09 Å². The van der Waals surface area contributed by atoms with Gasteiger partial charge in [-0.25, -0.2) is 14.8 Å². The molecule has 0 unspecified atom stereocenters. The van der Waals surface area contributed by atoms with Gasteiger partial charge in [-0.1, -0.05) is 0 Å². The molecular formula is C22H34N6O3. The molecule has 1 aliphatic heterocycles. The Morgan fingerprint density at radius 3 is 2.26 bits per heavy atom. The molecule has 2 aliphatic rings. The zero-order valence-electron chi connectivity index (χ0n) is 19.2. The first-order chi connectivity index (χ1) is 14.6. The molecule has 1 aromatic rings. The van der Waals surface area contributed by atoms with Crippen molar-refractivity contribution in [1.82, 2.24) is 19.8 Å². The molecule has 2 amide bonds. The highest BCUT2D eigenvalue weighted by molar-refractivity contribution is 5.95. The van der Waals surface area contributed by atoms with Crippen molar-refractivity contribution in [3.63, 3.8) is 0 Å². The maximum absolute atomic E-state index is 12.3. The lowest BCUT2D eigenvalue weighted by molar-refractivity contribution is -0.119. The van der Waals surface area contributed by atoms with Crippen LogP contribution in [0.2, 0.25) is 0 Å². The van der Waals surface area contributed by atoms with Gasteiger partial charge in [0, 0.05) is 45.3 Å². The molecule has 2 N–H and O–H groups in total. The SMILES string of the molecule is CN(C(=O)C1CC1)c1cnc(C(=CN)N2CCC(N(C)C(=O)OC(C)(C)C)CC2)cn1. The van der Waals surface area contributed by atoms with E-state index in [0.717, 1.165) is 44.5 Å². The molecule has 2 heterocycles. The summed E-state index contributed by atoms with van der Waals surface area (Å²) in [6.45, 7) is 7.08. The van der Waals surface area contributed by atoms with Crippen LogP contribution in [0.5, 0.6) is 0 Å². The molecule has 0 aromatic carbocycles. The third-order valence-electron chi connectivity index (χ3n) is 5.69. The number of nitrogens with zero attached hydrogens (tertiary/aromatic N) is 5. The zero-order chi connectivity index (χ0) is 22.8. The number of carbonyl (C=O) groups excluding carboxylic acids is 2. The summed E-state index contributed by atoms with van der Waals surface area (Å²) >= 11 is 0. The van der Waals surface area contributed by atoms with E-state index in [0.29, 0.717) is 11.5 Å². The van der Waals surface area contributed by atoms with Gasteiger partial charge in [0.15, 0.2) is 5.82 Å². The van der Waals surface area contributed by atoms with Crippen molar-refractivity contribution in [1.29, 1.82) is 0 Å². The van der Waals surface area contributed by atoms with Crippen LogP contribution < -0.4 is 10.6 Å². The van der Waals surface area contributed by atoms with Gasteiger partial charge in [0.2, 0.25) is 5.91 Å². The Balaban J connectivity index is 1.59. The second-order valence-electron chi connectivity index (χ2n) is 9.29. The van der Waals surface area contributed by atoms with Crippen LogP contribution >= 0.6 is 0 Å². The van der Waals surface area contributed by atoms with Crippen LogP contribution in [0.25, 0.3) is 5.70 Å². The van der Waals surface area contributed by atoms with Gasteiger partial charge in [0.05, 0.1) is 18.1 Å². The third kappa shape index (κ3) is 5.65. The Morgan fingerprint density at radius 2 is 1.77 bits per heavy atom. The van der Waals surface area contributed by atoms with Crippen LogP contribution in [0.3, 0.4) is 0 Å². The molecule has 3 rings (SSSR count). The van der Waals surface area contributed by atoms with E-state index in [-0.39, 0.29) is 24.0 Å². The Bertz CT molecular complexity index is 821. The molecule has 9 nitrogen and oxygen atoms in total. The van der Waals surface area contributed by atoms with Crippen molar-refractivity contribution in [3.05, 3.63) is 24.3 Å². The van der Waals surface area contributed by atoms with Crippen LogP contribution in [-0.2, 0) is 9.53 Å². The third-order valence-corrected chi connectivity index (χ3v) is 5.69. The normalized spacial score (nSPS) is 18.0. The Morgan fingerprint density at radius 1 is 1.13 bits per heavy atom. The van der Waals surface area contributed by atoms with Gasteiger partial charge in [0.25, 0.3) is 0 Å². The van der Waals surface area contributed by atoms with Crippen molar-refractivity contribution in [3.8, 4) is 0 Å². The average Bonchev–Trinajstić information content (AvgIpc) is 3.58. The van der Waals surface area contributed by atoms with E-state index in [2.05, 4.69) is 14.9 Å². The molecule has 1 aromatic heterocycles. The average molecular weight is 431 g/mol. The van der Waals surface area contributed by atoms with E-state index in [4.69, 9.17) is 10.5 Å². The van der Waals surface area contributed by atoms with Crippen LogP contribution in [0.1, 0.15) is 52.1 Å². The molecule has 0 bridgehead atoms. The van der Waals surface area contributed by atoms with E-state index in [9.17, 15) is 9.59 Å². The summed E-state index contributed by atoms with van der Waals surface area (Å²) in [6.07, 6.45) is 8.02. The molecular weight excluding hydrogens is 396 g/mol. The van der Waals surface area contributed by atoms with Crippen LogP contribution in [0.4, 0.5) is 10.6 Å². The topological polar surface area (TPSA) is 105 Å². The highest BCUT2D eigenvalue weighted by Gasteiger charge is 2.33. The standard InChI is InChI=1S/C22H34N6O3/c1-22(2,3)31-21(30)26(4)16-8-10-28(11-9-16)18(12-23)17-13-25-19(14-24-17)27(5)20(29)15-6-7-15/h12-16H,6-11,23H2,1-5H3. The quantitative estimate of drug-likeness (QED) is 0.765. The van der Waals surface area contributed by atoms with Crippen LogP contribution in [0.15, 0.2) is 18.6 Å². The first-order valence-corrected chi connectivity index (χ1v) is 10.8. The summed E-state index contributed by atoms with van der Waals surface area (Å²) in [4.78, 5) is 38.9. The molecule has 1 saturated heterocycles. The van der Waals surface area contributed by atoms with Crippen molar-refractivity contribution in [2.75, 3.05) is 32.1 Å². The molecule has 170 valence electrons. The van der Waals surface area contributed by atoms with Gasteiger partial charge in [-0.2, -0.15) is 0 Å². The second-order valence-corrected chi connectivity index (χ2v) is 9.29. The van der Waals surface area contributed by atoms with Crippen molar-refractivity contribution in [2.24, 2.45) is 11.7 Å². The first-order valence-electron chi connectivity index (χ1n) is 10.8. The molecule has 1 saturated carbocycles. The number of nitrogens with two attached hydrogens (primary N) is 1. The minimum Gasteiger partial charge on any atom is -0.444 e.